The first kappa shape index (κ1) is 18.2. The molecule has 0 amide bonds. The highest BCUT2D eigenvalue weighted by molar-refractivity contribution is 7.10. The molecule has 1 atom stereocenters. The van der Waals surface area contributed by atoms with Crippen molar-refractivity contribution in [2.75, 3.05) is 26.2 Å². The van der Waals surface area contributed by atoms with Crippen molar-refractivity contribution >= 4 is 36.2 Å². The van der Waals surface area contributed by atoms with Gasteiger partial charge >= 0.3 is 0 Å². The lowest BCUT2D eigenvalue weighted by molar-refractivity contribution is 0.166. The van der Waals surface area contributed by atoms with E-state index in [4.69, 9.17) is 0 Å². The Bertz CT molecular complexity index is 325. The van der Waals surface area contributed by atoms with Crippen molar-refractivity contribution in [3.63, 3.8) is 0 Å². The topological polar surface area (TPSA) is 15.3 Å². The third kappa shape index (κ3) is 4.39. The number of thiophene rings is 1. The summed E-state index contributed by atoms with van der Waals surface area (Å²) < 4.78 is 0. The van der Waals surface area contributed by atoms with Crippen LogP contribution in [-0.2, 0) is 0 Å². The fourth-order valence-electron chi connectivity index (χ4n) is 2.47. The highest BCUT2D eigenvalue weighted by Gasteiger charge is 2.23. The molecule has 2 heterocycles. The fraction of sp³-hybridized carbons (Fsp3) is 0.692. The predicted molar refractivity (Wildman–Crippen MR) is 85.6 cm³/mol. The minimum Gasteiger partial charge on any atom is -0.314 e. The summed E-state index contributed by atoms with van der Waals surface area (Å²) in [5.41, 5.74) is 1.47. The third-order valence-electron chi connectivity index (χ3n) is 3.36. The highest BCUT2D eigenvalue weighted by atomic mass is 35.5. The second-order valence-electron chi connectivity index (χ2n) is 4.56. The molecule has 1 saturated heterocycles. The van der Waals surface area contributed by atoms with Crippen LogP contribution >= 0.6 is 36.2 Å². The van der Waals surface area contributed by atoms with Crippen molar-refractivity contribution in [2.24, 2.45) is 0 Å². The number of hydrogen-bond donors (Lipinski definition) is 1. The van der Waals surface area contributed by atoms with Gasteiger partial charge in [0.25, 0.3) is 0 Å². The second kappa shape index (κ2) is 9.16. The zero-order valence-electron chi connectivity index (χ0n) is 11.1. The summed E-state index contributed by atoms with van der Waals surface area (Å²) in [4.78, 5) is 4.24. The molecule has 1 aromatic rings. The molecular formula is C13H24Cl2N2S. The Kier molecular flexibility index (Phi) is 9.26. The number of nitrogens with one attached hydrogen (secondary N) is 1. The number of nitrogens with zero attached hydrogens (tertiary/aromatic N) is 1. The molecule has 1 aliphatic rings. The first-order valence-electron chi connectivity index (χ1n) is 6.31. The van der Waals surface area contributed by atoms with E-state index in [0.717, 1.165) is 13.1 Å². The van der Waals surface area contributed by atoms with E-state index >= 15 is 0 Å². The van der Waals surface area contributed by atoms with Gasteiger partial charge in [-0.2, -0.15) is 0 Å². The van der Waals surface area contributed by atoms with Crippen molar-refractivity contribution in [3.05, 3.63) is 21.9 Å². The molecule has 0 aliphatic carbocycles. The van der Waals surface area contributed by atoms with Crippen LogP contribution in [-0.4, -0.2) is 31.1 Å². The van der Waals surface area contributed by atoms with Gasteiger partial charge in [-0.05, 0) is 30.4 Å². The Balaban J connectivity index is 0.00000144. The molecule has 1 aromatic heterocycles. The molecule has 5 heteroatoms. The van der Waals surface area contributed by atoms with Gasteiger partial charge in [-0.1, -0.05) is 13.3 Å². The molecule has 0 saturated carbocycles. The minimum absolute atomic E-state index is 0. The van der Waals surface area contributed by atoms with E-state index in [0.29, 0.717) is 6.04 Å². The lowest BCUT2D eigenvalue weighted by Crippen LogP contribution is -2.45. The third-order valence-corrected chi connectivity index (χ3v) is 4.48. The first-order chi connectivity index (χ1) is 7.83. The average Bonchev–Trinajstić information content (AvgIpc) is 2.73. The molecule has 0 spiro atoms. The highest BCUT2D eigenvalue weighted by Crippen LogP contribution is 2.32. The van der Waals surface area contributed by atoms with Gasteiger partial charge in [0.05, 0.1) is 0 Å². The standard InChI is InChI=1S/C13H22N2S.2ClH/c1-3-4-12(13-11(2)5-10-16-13)15-8-6-14-7-9-15;;/h5,10,12,14H,3-4,6-9H2,1-2H3;2*1H/t12-;;/m1../s1. The van der Waals surface area contributed by atoms with Crippen LogP contribution in [0.2, 0.25) is 0 Å². The van der Waals surface area contributed by atoms with E-state index in [-0.39, 0.29) is 24.8 Å². The van der Waals surface area contributed by atoms with Crippen LogP contribution in [0, 0.1) is 6.92 Å². The first-order valence-corrected chi connectivity index (χ1v) is 7.19. The van der Waals surface area contributed by atoms with Crippen molar-refractivity contribution in [2.45, 2.75) is 32.7 Å². The number of aryl methyl sites for hydroxylation is 1. The van der Waals surface area contributed by atoms with E-state index in [1.165, 1.54) is 31.5 Å². The Morgan fingerprint density at radius 1 is 1.33 bits per heavy atom. The van der Waals surface area contributed by atoms with E-state index in [1.807, 2.05) is 11.3 Å². The zero-order valence-corrected chi connectivity index (χ0v) is 13.6. The van der Waals surface area contributed by atoms with E-state index in [9.17, 15) is 0 Å². The molecule has 18 heavy (non-hydrogen) atoms. The summed E-state index contributed by atoms with van der Waals surface area (Å²) in [6.07, 6.45) is 2.56. The van der Waals surface area contributed by atoms with Gasteiger partial charge in [0.1, 0.15) is 0 Å². The number of piperazine rings is 1. The van der Waals surface area contributed by atoms with Gasteiger partial charge in [0.15, 0.2) is 0 Å². The normalized spacial score (nSPS) is 17.7. The van der Waals surface area contributed by atoms with Crippen molar-refractivity contribution in [1.29, 1.82) is 0 Å². The van der Waals surface area contributed by atoms with Gasteiger partial charge < -0.3 is 5.32 Å². The molecule has 0 radical (unpaired) electrons. The molecule has 2 nitrogen and oxygen atoms in total. The van der Waals surface area contributed by atoms with Crippen LogP contribution < -0.4 is 5.32 Å². The van der Waals surface area contributed by atoms with Gasteiger partial charge in [-0.3, -0.25) is 4.90 Å². The van der Waals surface area contributed by atoms with Gasteiger partial charge in [-0.25, -0.2) is 0 Å². The molecule has 1 aliphatic heterocycles. The summed E-state index contributed by atoms with van der Waals surface area (Å²) in [6.45, 7) is 9.22. The predicted octanol–water partition coefficient (Wildman–Crippen LogP) is 3.65. The summed E-state index contributed by atoms with van der Waals surface area (Å²) >= 11 is 1.93. The maximum atomic E-state index is 3.43. The smallest absolute Gasteiger partial charge is 0.0445 e. The SMILES string of the molecule is CCC[C@H](c1sccc1C)N1CCNCC1.Cl.Cl. The van der Waals surface area contributed by atoms with Crippen molar-refractivity contribution in [3.8, 4) is 0 Å². The number of halogens is 2. The summed E-state index contributed by atoms with van der Waals surface area (Å²) in [7, 11) is 0. The quantitative estimate of drug-likeness (QED) is 0.913. The van der Waals surface area contributed by atoms with Crippen LogP contribution in [0.1, 0.15) is 36.2 Å². The van der Waals surface area contributed by atoms with Crippen LogP contribution in [0.15, 0.2) is 11.4 Å². The largest absolute Gasteiger partial charge is 0.314 e. The Morgan fingerprint density at radius 2 is 2.00 bits per heavy atom. The minimum atomic E-state index is 0. The number of rotatable bonds is 4. The summed E-state index contributed by atoms with van der Waals surface area (Å²) in [5.74, 6) is 0. The van der Waals surface area contributed by atoms with Crippen LogP contribution in [0.4, 0.5) is 0 Å². The van der Waals surface area contributed by atoms with Gasteiger partial charge in [0.2, 0.25) is 0 Å². The molecule has 106 valence electrons. The molecule has 0 unspecified atom stereocenters. The summed E-state index contributed by atoms with van der Waals surface area (Å²) in [5, 5.41) is 5.67. The van der Waals surface area contributed by atoms with E-state index < -0.39 is 0 Å². The Morgan fingerprint density at radius 3 is 2.50 bits per heavy atom. The maximum Gasteiger partial charge on any atom is 0.0445 e. The van der Waals surface area contributed by atoms with Gasteiger partial charge in [-0.15, -0.1) is 36.2 Å². The lowest BCUT2D eigenvalue weighted by Gasteiger charge is -2.34. The van der Waals surface area contributed by atoms with E-state index in [2.05, 4.69) is 35.5 Å². The van der Waals surface area contributed by atoms with Crippen LogP contribution in [0.25, 0.3) is 0 Å². The van der Waals surface area contributed by atoms with Crippen LogP contribution in [0.3, 0.4) is 0 Å². The molecule has 1 N–H and O–H groups in total. The molecular weight excluding hydrogens is 287 g/mol. The van der Waals surface area contributed by atoms with Crippen LogP contribution in [0.5, 0.6) is 0 Å². The van der Waals surface area contributed by atoms with Crippen molar-refractivity contribution in [1.82, 2.24) is 10.2 Å². The maximum absolute atomic E-state index is 3.43. The second-order valence-corrected chi connectivity index (χ2v) is 5.51. The van der Waals surface area contributed by atoms with Gasteiger partial charge in [0, 0.05) is 37.1 Å². The molecule has 0 bridgehead atoms. The monoisotopic (exact) mass is 310 g/mol. The molecule has 2 rings (SSSR count). The zero-order chi connectivity index (χ0) is 11.4. The molecule has 1 fully saturated rings. The lowest BCUT2D eigenvalue weighted by atomic mass is 10.0. The average molecular weight is 311 g/mol. The Hall–Kier alpha value is 0.200. The summed E-state index contributed by atoms with van der Waals surface area (Å²) in [6, 6.07) is 2.91. The Labute approximate surface area is 127 Å². The number of hydrogen-bond acceptors (Lipinski definition) is 3. The fourth-order valence-corrected chi connectivity index (χ4v) is 3.57. The van der Waals surface area contributed by atoms with E-state index in [1.54, 1.807) is 4.88 Å². The van der Waals surface area contributed by atoms with Crippen molar-refractivity contribution < 1.29 is 0 Å². The molecule has 0 aromatic carbocycles.